The maximum absolute atomic E-state index is 12.3. The second-order valence-electron chi connectivity index (χ2n) is 6.15. The maximum Gasteiger partial charge on any atom is 0.235 e. The van der Waals surface area contributed by atoms with Gasteiger partial charge in [-0.2, -0.15) is 0 Å². The standard InChI is InChI=1S/C17H22ClN3O2/c1-10(2)13-6-7-14(18)16(11(3)4)17(13)21(12(5)22)8-15-20-19-9-23-15/h6-7,9-11H,8H2,1-5H3. The highest BCUT2D eigenvalue weighted by Crippen LogP contribution is 2.40. The van der Waals surface area contributed by atoms with E-state index in [2.05, 4.69) is 37.9 Å². The highest BCUT2D eigenvalue weighted by atomic mass is 35.5. The van der Waals surface area contributed by atoms with Crippen LogP contribution >= 0.6 is 11.6 Å². The molecule has 124 valence electrons. The summed E-state index contributed by atoms with van der Waals surface area (Å²) in [6.07, 6.45) is 1.26. The topological polar surface area (TPSA) is 59.2 Å². The van der Waals surface area contributed by atoms with Crippen molar-refractivity contribution in [2.24, 2.45) is 0 Å². The zero-order valence-corrected chi connectivity index (χ0v) is 14.9. The van der Waals surface area contributed by atoms with Crippen LogP contribution in [0.3, 0.4) is 0 Å². The average molecular weight is 336 g/mol. The maximum atomic E-state index is 12.3. The highest BCUT2D eigenvalue weighted by molar-refractivity contribution is 6.32. The third-order valence-electron chi connectivity index (χ3n) is 3.74. The lowest BCUT2D eigenvalue weighted by Crippen LogP contribution is -2.30. The van der Waals surface area contributed by atoms with E-state index in [1.807, 2.05) is 12.1 Å². The molecule has 0 spiro atoms. The fourth-order valence-corrected chi connectivity index (χ4v) is 3.04. The molecule has 0 saturated heterocycles. The lowest BCUT2D eigenvalue weighted by Gasteiger charge is -2.29. The van der Waals surface area contributed by atoms with E-state index in [4.69, 9.17) is 16.0 Å². The molecule has 2 aromatic rings. The third-order valence-corrected chi connectivity index (χ3v) is 4.07. The number of aromatic nitrogens is 2. The number of rotatable bonds is 5. The number of carbonyl (C=O) groups excluding carboxylic acids is 1. The van der Waals surface area contributed by atoms with Crippen molar-refractivity contribution < 1.29 is 9.21 Å². The van der Waals surface area contributed by atoms with Gasteiger partial charge in [-0.3, -0.25) is 4.79 Å². The van der Waals surface area contributed by atoms with Crippen LogP contribution in [0.1, 0.15) is 63.5 Å². The molecule has 1 aromatic heterocycles. The summed E-state index contributed by atoms with van der Waals surface area (Å²) in [7, 11) is 0. The summed E-state index contributed by atoms with van der Waals surface area (Å²) in [5.41, 5.74) is 2.90. The number of benzene rings is 1. The first-order chi connectivity index (χ1) is 10.8. The number of anilines is 1. The van der Waals surface area contributed by atoms with Gasteiger partial charge in [0.2, 0.25) is 18.2 Å². The number of carbonyl (C=O) groups is 1. The molecule has 5 nitrogen and oxygen atoms in total. The van der Waals surface area contributed by atoms with Gasteiger partial charge in [-0.25, -0.2) is 0 Å². The molecule has 0 radical (unpaired) electrons. The summed E-state index contributed by atoms with van der Waals surface area (Å²) >= 11 is 6.44. The molecule has 0 atom stereocenters. The predicted molar refractivity (Wildman–Crippen MR) is 90.8 cm³/mol. The van der Waals surface area contributed by atoms with Gasteiger partial charge in [0.15, 0.2) is 0 Å². The normalized spacial score (nSPS) is 11.3. The lowest BCUT2D eigenvalue weighted by atomic mass is 9.91. The molecule has 1 amide bonds. The minimum absolute atomic E-state index is 0.0886. The van der Waals surface area contributed by atoms with Crippen molar-refractivity contribution in [3.05, 3.63) is 40.6 Å². The second kappa shape index (κ2) is 7.13. The summed E-state index contributed by atoms with van der Waals surface area (Å²) in [4.78, 5) is 14.0. The van der Waals surface area contributed by atoms with Crippen molar-refractivity contribution in [3.8, 4) is 0 Å². The number of halogens is 1. The SMILES string of the molecule is CC(=O)N(Cc1nnco1)c1c(C(C)C)ccc(Cl)c1C(C)C. The first-order valence-electron chi connectivity index (χ1n) is 7.68. The molecule has 2 rings (SSSR count). The molecular weight excluding hydrogens is 314 g/mol. The van der Waals surface area contributed by atoms with E-state index in [0.717, 1.165) is 16.8 Å². The van der Waals surface area contributed by atoms with Crippen LogP contribution in [-0.4, -0.2) is 16.1 Å². The zero-order chi connectivity index (χ0) is 17.1. The molecule has 0 unspecified atom stereocenters. The zero-order valence-electron chi connectivity index (χ0n) is 14.1. The van der Waals surface area contributed by atoms with Crippen LogP contribution in [0.4, 0.5) is 5.69 Å². The number of hydrogen-bond acceptors (Lipinski definition) is 4. The smallest absolute Gasteiger partial charge is 0.235 e. The molecule has 6 heteroatoms. The Kier molecular flexibility index (Phi) is 5.42. The lowest BCUT2D eigenvalue weighted by molar-refractivity contribution is -0.116. The van der Waals surface area contributed by atoms with Crippen LogP contribution in [0.15, 0.2) is 22.9 Å². The molecule has 0 fully saturated rings. The Morgan fingerprint density at radius 2 is 1.96 bits per heavy atom. The Balaban J connectivity index is 2.64. The number of nitrogens with zero attached hydrogens (tertiary/aromatic N) is 3. The van der Waals surface area contributed by atoms with Crippen molar-refractivity contribution >= 4 is 23.2 Å². The average Bonchev–Trinajstić information content (AvgIpc) is 2.96. The quantitative estimate of drug-likeness (QED) is 0.805. The number of amides is 1. The molecule has 0 aliphatic rings. The molecule has 1 heterocycles. The van der Waals surface area contributed by atoms with Crippen molar-refractivity contribution in [3.63, 3.8) is 0 Å². The Hall–Kier alpha value is -1.88. The van der Waals surface area contributed by atoms with Crippen LogP contribution in [0.5, 0.6) is 0 Å². The van der Waals surface area contributed by atoms with Crippen molar-refractivity contribution in [2.45, 2.75) is 53.0 Å². The molecule has 0 N–H and O–H groups in total. The van der Waals surface area contributed by atoms with E-state index in [0.29, 0.717) is 10.9 Å². The van der Waals surface area contributed by atoms with Gasteiger partial charge in [0.25, 0.3) is 0 Å². The van der Waals surface area contributed by atoms with Gasteiger partial charge in [-0.15, -0.1) is 10.2 Å². The molecule has 0 aliphatic carbocycles. The monoisotopic (exact) mass is 335 g/mol. The largest absolute Gasteiger partial charge is 0.426 e. The Labute approximate surface area is 141 Å². The molecule has 0 aliphatic heterocycles. The van der Waals surface area contributed by atoms with Crippen molar-refractivity contribution in [2.75, 3.05) is 4.90 Å². The minimum atomic E-state index is -0.0886. The van der Waals surface area contributed by atoms with Crippen molar-refractivity contribution in [1.29, 1.82) is 0 Å². The Bertz CT molecular complexity index is 681. The van der Waals surface area contributed by atoms with Crippen LogP contribution in [-0.2, 0) is 11.3 Å². The van der Waals surface area contributed by atoms with Crippen LogP contribution in [0.25, 0.3) is 0 Å². The highest BCUT2D eigenvalue weighted by Gasteiger charge is 2.25. The molecule has 1 aromatic carbocycles. The van der Waals surface area contributed by atoms with E-state index in [-0.39, 0.29) is 24.3 Å². The molecule has 0 saturated carbocycles. The third kappa shape index (κ3) is 3.72. The molecular formula is C17H22ClN3O2. The van der Waals surface area contributed by atoms with E-state index >= 15 is 0 Å². The summed E-state index contributed by atoms with van der Waals surface area (Å²) in [6.45, 7) is 10.1. The first-order valence-corrected chi connectivity index (χ1v) is 8.06. The Morgan fingerprint density at radius 3 is 2.43 bits per heavy atom. The number of hydrogen-bond donors (Lipinski definition) is 0. The van der Waals surface area contributed by atoms with Crippen LogP contribution < -0.4 is 4.90 Å². The fraction of sp³-hybridized carbons (Fsp3) is 0.471. The van der Waals surface area contributed by atoms with Gasteiger partial charge < -0.3 is 9.32 Å². The summed E-state index contributed by atoms with van der Waals surface area (Å²) < 4.78 is 5.22. The van der Waals surface area contributed by atoms with E-state index in [9.17, 15) is 4.79 Å². The summed E-state index contributed by atoms with van der Waals surface area (Å²) in [5.74, 6) is 0.740. The molecule has 23 heavy (non-hydrogen) atoms. The predicted octanol–water partition coefficient (Wildman–Crippen LogP) is 4.52. The van der Waals surface area contributed by atoms with Crippen LogP contribution in [0.2, 0.25) is 5.02 Å². The summed E-state index contributed by atoms with van der Waals surface area (Å²) in [6, 6.07) is 3.89. The summed E-state index contributed by atoms with van der Waals surface area (Å²) in [5, 5.41) is 8.24. The second-order valence-corrected chi connectivity index (χ2v) is 6.55. The van der Waals surface area contributed by atoms with Crippen molar-refractivity contribution in [1.82, 2.24) is 10.2 Å². The van der Waals surface area contributed by atoms with Crippen LogP contribution in [0, 0.1) is 0 Å². The van der Waals surface area contributed by atoms with Gasteiger partial charge >= 0.3 is 0 Å². The minimum Gasteiger partial charge on any atom is -0.426 e. The van der Waals surface area contributed by atoms with E-state index < -0.39 is 0 Å². The fourth-order valence-electron chi connectivity index (χ4n) is 2.66. The van der Waals surface area contributed by atoms with Gasteiger partial charge in [-0.1, -0.05) is 45.4 Å². The van der Waals surface area contributed by atoms with Gasteiger partial charge in [0.1, 0.15) is 6.54 Å². The van der Waals surface area contributed by atoms with E-state index in [1.54, 1.807) is 4.90 Å². The first kappa shape index (κ1) is 17.5. The van der Waals surface area contributed by atoms with Gasteiger partial charge in [0, 0.05) is 11.9 Å². The van der Waals surface area contributed by atoms with Gasteiger partial charge in [0.05, 0.1) is 5.69 Å². The molecule has 0 bridgehead atoms. The van der Waals surface area contributed by atoms with Gasteiger partial charge in [-0.05, 0) is 29.0 Å². The van der Waals surface area contributed by atoms with E-state index in [1.165, 1.54) is 13.3 Å². The Morgan fingerprint density at radius 1 is 1.26 bits per heavy atom.